The van der Waals surface area contributed by atoms with Crippen LogP contribution in [0.25, 0.3) is 0 Å². The molecule has 0 spiro atoms. The van der Waals surface area contributed by atoms with Crippen LogP contribution in [0.4, 0.5) is 5.69 Å². The molecule has 2 N–H and O–H groups in total. The van der Waals surface area contributed by atoms with E-state index in [-0.39, 0.29) is 10.6 Å². The molecular weight excluding hydrogens is 250 g/mol. The van der Waals surface area contributed by atoms with Crippen LogP contribution < -0.4 is 5.73 Å². The van der Waals surface area contributed by atoms with Gasteiger partial charge < -0.3 is 10.5 Å². The highest BCUT2D eigenvalue weighted by Gasteiger charge is 2.21. The van der Waals surface area contributed by atoms with Crippen LogP contribution in [0.5, 0.6) is 0 Å². The van der Waals surface area contributed by atoms with Gasteiger partial charge in [-0.15, -0.1) is 0 Å². The quantitative estimate of drug-likeness (QED) is 0.847. The van der Waals surface area contributed by atoms with Gasteiger partial charge in [-0.2, -0.15) is 0 Å². The fourth-order valence-corrected chi connectivity index (χ4v) is 3.81. The molecule has 1 saturated heterocycles. The average molecular weight is 269 g/mol. The molecule has 0 bridgehead atoms. The first-order valence-corrected chi connectivity index (χ1v) is 7.90. The zero-order valence-electron chi connectivity index (χ0n) is 10.3. The molecule has 0 unspecified atom stereocenters. The zero-order chi connectivity index (χ0) is 13.0. The molecule has 1 aliphatic heterocycles. The number of sulfone groups is 1. The molecular formula is C13H19NO3S. The van der Waals surface area contributed by atoms with E-state index in [0.29, 0.717) is 18.0 Å². The molecule has 4 nitrogen and oxygen atoms in total. The number of para-hydroxylation sites is 1. The summed E-state index contributed by atoms with van der Waals surface area (Å²) in [6, 6.07) is 6.65. The zero-order valence-corrected chi connectivity index (χ0v) is 11.2. The Bertz CT molecular complexity index is 493. The van der Waals surface area contributed by atoms with Crippen molar-refractivity contribution >= 4 is 15.5 Å². The number of anilines is 1. The highest BCUT2D eigenvalue weighted by molar-refractivity contribution is 7.91. The largest absolute Gasteiger partial charge is 0.398 e. The van der Waals surface area contributed by atoms with Crippen LogP contribution in [0.3, 0.4) is 0 Å². The van der Waals surface area contributed by atoms with Crippen molar-refractivity contribution in [1.82, 2.24) is 0 Å². The van der Waals surface area contributed by atoms with Gasteiger partial charge in [0.25, 0.3) is 0 Å². The lowest BCUT2D eigenvalue weighted by Crippen LogP contribution is -2.19. The lowest BCUT2D eigenvalue weighted by Gasteiger charge is -2.21. The number of rotatable bonds is 4. The second-order valence-electron chi connectivity index (χ2n) is 4.70. The minimum atomic E-state index is -3.26. The molecule has 18 heavy (non-hydrogen) atoms. The van der Waals surface area contributed by atoms with E-state index in [1.807, 2.05) is 0 Å². The molecule has 5 heteroatoms. The Morgan fingerprint density at radius 1 is 1.22 bits per heavy atom. The summed E-state index contributed by atoms with van der Waals surface area (Å²) in [6.45, 7) is 1.50. The Kier molecular flexibility index (Phi) is 4.24. The second-order valence-corrected chi connectivity index (χ2v) is 6.78. The lowest BCUT2D eigenvalue weighted by molar-refractivity contribution is 0.0656. The van der Waals surface area contributed by atoms with Gasteiger partial charge in [-0.3, -0.25) is 0 Å². The molecule has 1 fully saturated rings. The van der Waals surface area contributed by atoms with E-state index in [0.717, 1.165) is 26.1 Å². The van der Waals surface area contributed by atoms with Gasteiger partial charge in [-0.05, 0) is 37.3 Å². The fraction of sp³-hybridized carbons (Fsp3) is 0.538. The fourth-order valence-electron chi connectivity index (χ4n) is 2.23. The number of nitrogens with two attached hydrogens (primary N) is 1. The van der Waals surface area contributed by atoms with Gasteiger partial charge in [-0.25, -0.2) is 8.42 Å². The maximum absolute atomic E-state index is 12.2. The SMILES string of the molecule is Nc1ccccc1S(=O)(=O)CCC1CCOCC1. The highest BCUT2D eigenvalue weighted by atomic mass is 32.2. The van der Waals surface area contributed by atoms with E-state index in [4.69, 9.17) is 10.5 Å². The summed E-state index contributed by atoms with van der Waals surface area (Å²) in [4.78, 5) is 0.261. The van der Waals surface area contributed by atoms with Gasteiger partial charge in [-0.1, -0.05) is 12.1 Å². The van der Waals surface area contributed by atoms with Crippen molar-refractivity contribution in [3.05, 3.63) is 24.3 Å². The molecule has 0 aliphatic carbocycles. The lowest BCUT2D eigenvalue weighted by atomic mass is 9.98. The summed E-state index contributed by atoms with van der Waals surface area (Å²) in [5, 5.41) is 0. The predicted octanol–water partition coefficient (Wildman–Crippen LogP) is 1.86. The van der Waals surface area contributed by atoms with Gasteiger partial charge in [0.05, 0.1) is 16.3 Å². The minimum Gasteiger partial charge on any atom is -0.398 e. The average Bonchev–Trinajstić information content (AvgIpc) is 2.38. The number of ether oxygens (including phenoxy) is 1. The van der Waals surface area contributed by atoms with E-state index >= 15 is 0 Å². The normalized spacial score (nSPS) is 17.8. The molecule has 2 rings (SSSR count). The van der Waals surface area contributed by atoms with E-state index in [9.17, 15) is 8.42 Å². The highest BCUT2D eigenvalue weighted by Crippen LogP contribution is 2.24. The number of nitrogen functional groups attached to an aromatic ring is 1. The van der Waals surface area contributed by atoms with E-state index in [1.165, 1.54) is 0 Å². The van der Waals surface area contributed by atoms with Crippen molar-refractivity contribution in [3.63, 3.8) is 0 Å². The molecule has 0 saturated carbocycles. The van der Waals surface area contributed by atoms with Crippen molar-refractivity contribution < 1.29 is 13.2 Å². The molecule has 0 atom stereocenters. The smallest absolute Gasteiger partial charge is 0.180 e. The molecule has 0 amide bonds. The van der Waals surface area contributed by atoms with Crippen LogP contribution in [-0.2, 0) is 14.6 Å². The summed E-state index contributed by atoms with van der Waals surface area (Å²) in [6.07, 6.45) is 2.61. The monoisotopic (exact) mass is 269 g/mol. The van der Waals surface area contributed by atoms with Gasteiger partial charge in [0.15, 0.2) is 9.84 Å². The number of benzene rings is 1. The van der Waals surface area contributed by atoms with Crippen LogP contribution in [-0.4, -0.2) is 27.4 Å². The third-order valence-electron chi connectivity index (χ3n) is 3.39. The summed E-state index contributed by atoms with van der Waals surface area (Å²) < 4.78 is 29.6. The van der Waals surface area contributed by atoms with E-state index in [1.54, 1.807) is 24.3 Å². The van der Waals surface area contributed by atoms with Crippen molar-refractivity contribution in [1.29, 1.82) is 0 Å². The molecule has 1 aromatic rings. The molecule has 100 valence electrons. The third kappa shape index (κ3) is 3.23. The van der Waals surface area contributed by atoms with Gasteiger partial charge >= 0.3 is 0 Å². The van der Waals surface area contributed by atoms with Crippen LogP contribution in [0.2, 0.25) is 0 Å². The van der Waals surface area contributed by atoms with E-state index in [2.05, 4.69) is 0 Å². The Balaban J connectivity index is 2.01. The Morgan fingerprint density at radius 3 is 2.56 bits per heavy atom. The Labute approximate surface area is 108 Å². The van der Waals surface area contributed by atoms with Crippen LogP contribution >= 0.6 is 0 Å². The number of hydrogen-bond donors (Lipinski definition) is 1. The van der Waals surface area contributed by atoms with Gasteiger partial charge in [0.2, 0.25) is 0 Å². The van der Waals surface area contributed by atoms with Crippen LogP contribution in [0.1, 0.15) is 19.3 Å². The van der Waals surface area contributed by atoms with Crippen molar-refractivity contribution in [2.75, 3.05) is 24.7 Å². The first-order chi connectivity index (χ1) is 8.59. The third-order valence-corrected chi connectivity index (χ3v) is 5.20. The Hall–Kier alpha value is -1.07. The molecule has 0 radical (unpaired) electrons. The number of hydrogen-bond acceptors (Lipinski definition) is 4. The van der Waals surface area contributed by atoms with Crippen LogP contribution in [0, 0.1) is 5.92 Å². The second kappa shape index (κ2) is 5.71. The molecule has 0 aromatic heterocycles. The molecule has 1 aliphatic rings. The maximum Gasteiger partial charge on any atom is 0.180 e. The predicted molar refractivity (Wildman–Crippen MR) is 71.1 cm³/mol. The van der Waals surface area contributed by atoms with Crippen molar-refractivity contribution in [3.8, 4) is 0 Å². The minimum absolute atomic E-state index is 0.173. The maximum atomic E-state index is 12.2. The van der Waals surface area contributed by atoms with Crippen molar-refractivity contribution in [2.45, 2.75) is 24.2 Å². The topological polar surface area (TPSA) is 69.4 Å². The Morgan fingerprint density at radius 2 is 1.89 bits per heavy atom. The first-order valence-electron chi connectivity index (χ1n) is 6.24. The van der Waals surface area contributed by atoms with E-state index < -0.39 is 9.84 Å². The molecule has 1 aromatic carbocycles. The molecule has 1 heterocycles. The summed E-state index contributed by atoms with van der Waals surface area (Å²) in [5.41, 5.74) is 6.05. The summed E-state index contributed by atoms with van der Waals surface area (Å²) in [5.74, 6) is 0.629. The van der Waals surface area contributed by atoms with Crippen LogP contribution in [0.15, 0.2) is 29.2 Å². The summed E-state index contributed by atoms with van der Waals surface area (Å²) in [7, 11) is -3.26. The van der Waals surface area contributed by atoms with Gasteiger partial charge in [0, 0.05) is 13.2 Å². The van der Waals surface area contributed by atoms with Gasteiger partial charge in [0.1, 0.15) is 0 Å². The van der Waals surface area contributed by atoms with Crippen molar-refractivity contribution in [2.24, 2.45) is 5.92 Å². The standard InChI is InChI=1S/C13H19NO3S/c14-12-3-1-2-4-13(12)18(15,16)10-7-11-5-8-17-9-6-11/h1-4,11H,5-10,14H2. The summed E-state index contributed by atoms with van der Waals surface area (Å²) >= 11 is 0. The first kappa shape index (κ1) is 13.4.